The van der Waals surface area contributed by atoms with Gasteiger partial charge in [0.05, 0.1) is 13.2 Å². The minimum Gasteiger partial charge on any atom is -0.465 e. The monoisotopic (exact) mass is 280 g/mol. The molecule has 0 saturated heterocycles. The third-order valence-corrected chi connectivity index (χ3v) is 2.92. The summed E-state index contributed by atoms with van der Waals surface area (Å²) in [5.74, 6) is -1.15. The topological polar surface area (TPSA) is 52.6 Å². The van der Waals surface area contributed by atoms with Gasteiger partial charge in [-0.1, -0.05) is 30.4 Å². The molecular formula is C16H24O4. The first-order valence-corrected chi connectivity index (χ1v) is 6.73. The molecule has 4 nitrogen and oxygen atoms in total. The van der Waals surface area contributed by atoms with Crippen molar-refractivity contribution in [3.63, 3.8) is 0 Å². The predicted molar refractivity (Wildman–Crippen MR) is 79.1 cm³/mol. The fraction of sp³-hybridized carbons (Fsp3) is 0.500. The summed E-state index contributed by atoms with van der Waals surface area (Å²) in [4.78, 5) is 24.5. The second-order valence-electron chi connectivity index (χ2n) is 4.37. The molecule has 0 aromatic heterocycles. The molecule has 20 heavy (non-hydrogen) atoms. The van der Waals surface area contributed by atoms with Crippen LogP contribution in [0.2, 0.25) is 0 Å². The Morgan fingerprint density at radius 3 is 1.90 bits per heavy atom. The Morgan fingerprint density at radius 1 is 1.05 bits per heavy atom. The lowest BCUT2D eigenvalue weighted by Gasteiger charge is -2.27. The highest BCUT2D eigenvalue weighted by molar-refractivity contribution is 6.00. The van der Waals surface area contributed by atoms with E-state index in [0.29, 0.717) is 0 Å². The van der Waals surface area contributed by atoms with Gasteiger partial charge in [-0.25, -0.2) is 0 Å². The van der Waals surface area contributed by atoms with Crippen molar-refractivity contribution in [1.29, 1.82) is 0 Å². The van der Waals surface area contributed by atoms with E-state index in [1.54, 1.807) is 26.0 Å². The molecule has 0 heterocycles. The van der Waals surface area contributed by atoms with Crippen LogP contribution in [0.15, 0.2) is 37.0 Å². The van der Waals surface area contributed by atoms with Crippen molar-refractivity contribution in [2.75, 3.05) is 13.2 Å². The van der Waals surface area contributed by atoms with Crippen molar-refractivity contribution < 1.29 is 19.1 Å². The molecular weight excluding hydrogens is 256 g/mol. The average Bonchev–Trinajstić information content (AvgIpc) is 2.43. The molecule has 0 spiro atoms. The zero-order valence-electron chi connectivity index (χ0n) is 12.6. The average molecular weight is 280 g/mol. The molecule has 0 N–H and O–H groups in total. The van der Waals surface area contributed by atoms with E-state index in [2.05, 4.69) is 13.2 Å². The van der Waals surface area contributed by atoms with Crippen molar-refractivity contribution in [1.82, 2.24) is 0 Å². The zero-order valence-corrected chi connectivity index (χ0v) is 12.6. The Morgan fingerprint density at radius 2 is 1.55 bits per heavy atom. The SMILES string of the molecule is C=CCC(C/C=C(\C)C=C)(C(=O)OCC)C(=O)OCC. The smallest absolute Gasteiger partial charge is 0.324 e. The summed E-state index contributed by atoms with van der Waals surface area (Å²) in [7, 11) is 0. The molecule has 0 saturated carbocycles. The largest absolute Gasteiger partial charge is 0.465 e. The first kappa shape index (κ1) is 18.2. The van der Waals surface area contributed by atoms with E-state index >= 15 is 0 Å². The maximum Gasteiger partial charge on any atom is 0.324 e. The van der Waals surface area contributed by atoms with Crippen LogP contribution in [0.5, 0.6) is 0 Å². The van der Waals surface area contributed by atoms with E-state index in [1.165, 1.54) is 6.08 Å². The first-order valence-electron chi connectivity index (χ1n) is 6.73. The Hall–Kier alpha value is -1.84. The van der Waals surface area contributed by atoms with Gasteiger partial charge in [-0.05, 0) is 33.6 Å². The quantitative estimate of drug-likeness (QED) is 0.282. The number of carbonyl (C=O) groups excluding carboxylic acids is 2. The number of hydrogen-bond acceptors (Lipinski definition) is 4. The maximum atomic E-state index is 12.2. The van der Waals surface area contributed by atoms with Gasteiger partial charge in [0.2, 0.25) is 0 Å². The van der Waals surface area contributed by atoms with Crippen LogP contribution in [0.25, 0.3) is 0 Å². The molecule has 0 aromatic rings. The lowest BCUT2D eigenvalue weighted by molar-refractivity contribution is -0.171. The van der Waals surface area contributed by atoms with Gasteiger partial charge in [0.1, 0.15) is 0 Å². The van der Waals surface area contributed by atoms with E-state index < -0.39 is 17.4 Å². The van der Waals surface area contributed by atoms with Crippen molar-refractivity contribution >= 4 is 11.9 Å². The predicted octanol–water partition coefficient (Wildman–Crippen LogP) is 3.20. The highest BCUT2D eigenvalue weighted by Crippen LogP contribution is 2.32. The second-order valence-corrected chi connectivity index (χ2v) is 4.37. The number of hydrogen-bond donors (Lipinski definition) is 0. The van der Waals surface area contributed by atoms with Gasteiger partial charge in [-0.2, -0.15) is 0 Å². The van der Waals surface area contributed by atoms with Crippen molar-refractivity contribution in [3.8, 4) is 0 Å². The molecule has 0 aliphatic heterocycles. The summed E-state index contributed by atoms with van der Waals surface area (Å²) in [6.45, 7) is 12.9. The van der Waals surface area contributed by atoms with Gasteiger partial charge < -0.3 is 9.47 Å². The van der Waals surface area contributed by atoms with E-state index in [1.807, 2.05) is 6.92 Å². The Bertz CT molecular complexity index is 375. The fourth-order valence-electron chi connectivity index (χ4n) is 1.70. The van der Waals surface area contributed by atoms with E-state index in [4.69, 9.17) is 9.47 Å². The number of ether oxygens (including phenoxy) is 2. The summed E-state index contributed by atoms with van der Waals surface area (Å²) in [5, 5.41) is 0. The van der Waals surface area contributed by atoms with Crippen LogP contribution >= 0.6 is 0 Å². The molecule has 0 bridgehead atoms. The van der Waals surface area contributed by atoms with Crippen molar-refractivity contribution in [2.45, 2.75) is 33.6 Å². The Labute approximate surface area is 121 Å². The third-order valence-electron chi connectivity index (χ3n) is 2.92. The van der Waals surface area contributed by atoms with Crippen LogP contribution in [0.3, 0.4) is 0 Å². The van der Waals surface area contributed by atoms with Crippen molar-refractivity contribution in [2.24, 2.45) is 5.41 Å². The Balaban J connectivity index is 5.53. The van der Waals surface area contributed by atoms with Gasteiger partial charge in [-0.3, -0.25) is 9.59 Å². The molecule has 0 aliphatic rings. The first-order chi connectivity index (χ1) is 9.48. The van der Waals surface area contributed by atoms with Gasteiger partial charge in [0.25, 0.3) is 0 Å². The highest BCUT2D eigenvalue weighted by Gasteiger charge is 2.47. The number of carbonyl (C=O) groups is 2. The van der Waals surface area contributed by atoms with Gasteiger partial charge in [0.15, 0.2) is 5.41 Å². The normalized spacial score (nSPS) is 11.7. The molecule has 0 atom stereocenters. The molecule has 4 heteroatoms. The number of esters is 2. The lowest BCUT2D eigenvalue weighted by atomic mass is 9.80. The van der Waals surface area contributed by atoms with Crippen LogP contribution in [-0.2, 0) is 19.1 Å². The van der Waals surface area contributed by atoms with Crippen LogP contribution in [0.1, 0.15) is 33.6 Å². The summed E-state index contributed by atoms with van der Waals surface area (Å²) in [6.07, 6.45) is 5.35. The summed E-state index contributed by atoms with van der Waals surface area (Å²) >= 11 is 0. The lowest BCUT2D eigenvalue weighted by Crippen LogP contribution is -2.41. The van der Waals surface area contributed by atoms with Gasteiger partial charge in [-0.15, -0.1) is 6.58 Å². The zero-order chi connectivity index (χ0) is 15.6. The van der Waals surface area contributed by atoms with Crippen LogP contribution < -0.4 is 0 Å². The fourth-order valence-corrected chi connectivity index (χ4v) is 1.70. The van der Waals surface area contributed by atoms with Gasteiger partial charge in [0, 0.05) is 0 Å². The third kappa shape index (κ3) is 4.68. The molecule has 0 radical (unpaired) electrons. The molecule has 0 unspecified atom stereocenters. The van der Waals surface area contributed by atoms with Gasteiger partial charge >= 0.3 is 11.9 Å². The molecule has 0 fully saturated rings. The second kappa shape index (κ2) is 9.13. The van der Waals surface area contributed by atoms with E-state index in [0.717, 1.165) is 5.57 Å². The highest BCUT2D eigenvalue weighted by atomic mass is 16.6. The molecule has 0 amide bonds. The summed E-state index contributed by atoms with van der Waals surface area (Å²) < 4.78 is 10.1. The number of rotatable bonds is 9. The minimum atomic E-state index is -1.36. The molecule has 0 aliphatic carbocycles. The summed E-state index contributed by atoms with van der Waals surface area (Å²) in [6, 6.07) is 0. The van der Waals surface area contributed by atoms with E-state index in [-0.39, 0.29) is 26.1 Å². The van der Waals surface area contributed by atoms with Crippen LogP contribution in [-0.4, -0.2) is 25.2 Å². The minimum absolute atomic E-state index is 0.172. The molecule has 112 valence electrons. The standard InChI is InChI=1S/C16H24O4/c1-6-11-16(14(17)19-8-3,15(18)20-9-4)12-10-13(5)7-2/h6-7,10H,1-2,8-9,11-12H2,3-5H3/b13-10+. The number of allylic oxidation sites excluding steroid dienone is 4. The molecule has 0 aromatic carbocycles. The van der Waals surface area contributed by atoms with Crippen LogP contribution in [0, 0.1) is 5.41 Å². The van der Waals surface area contributed by atoms with E-state index in [9.17, 15) is 9.59 Å². The van der Waals surface area contributed by atoms with Crippen LogP contribution in [0.4, 0.5) is 0 Å². The maximum absolute atomic E-state index is 12.2. The van der Waals surface area contributed by atoms with Crippen molar-refractivity contribution in [3.05, 3.63) is 37.0 Å². The Kier molecular flexibility index (Phi) is 8.29. The molecule has 0 rings (SSSR count). The summed E-state index contributed by atoms with van der Waals surface area (Å²) in [5.41, 5.74) is -0.482.